The van der Waals surface area contributed by atoms with Gasteiger partial charge in [0.25, 0.3) is 0 Å². The van der Waals surface area contributed by atoms with E-state index in [0.29, 0.717) is 34.4 Å². The Morgan fingerprint density at radius 3 is 2.58 bits per heavy atom. The number of hydrogen-bond donors (Lipinski definition) is 0. The molecule has 0 amide bonds. The monoisotopic (exact) mass is 471 g/mol. The van der Waals surface area contributed by atoms with Crippen LogP contribution in [0.25, 0.3) is 0 Å². The van der Waals surface area contributed by atoms with Crippen LogP contribution < -0.4 is 4.74 Å². The third-order valence-corrected chi connectivity index (χ3v) is 7.46. The summed E-state index contributed by atoms with van der Waals surface area (Å²) in [7, 11) is 0. The average Bonchev–Trinajstić information content (AvgIpc) is 3.11. The number of nitrogens with zero attached hydrogens (tertiary/aromatic N) is 1. The van der Waals surface area contributed by atoms with Gasteiger partial charge in [-0.2, -0.15) is 0 Å². The lowest BCUT2D eigenvalue weighted by molar-refractivity contribution is 0.0906. The van der Waals surface area contributed by atoms with Gasteiger partial charge in [-0.1, -0.05) is 61.3 Å². The second kappa shape index (κ2) is 9.64. The Balaban J connectivity index is 1.46. The summed E-state index contributed by atoms with van der Waals surface area (Å²) in [6.45, 7) is 4.49. The van der Waals surface area contributed by atoms with E-state index in [1.165, 1.54) is 10.5 Å². The van der Waals surface area contributed by atoms with Crippen molar-refractivity contribution < 1.29 is 9.53 Å². The van der Waals surface area contributed by atoms with Crippen molar-refractivity contribution in [3.8, 4) is 5.75 Å². The molecule has 1 aromatic heterocycles. The minimum Gasteiger partial charge on any atom is -0.487 e. The van der Waals surface area contributed by atoms with E-state index in [4.69, 9.17) is 27.9 Å². The Morgan fingerprint density at radius 1 is 1.10 bits per heavy atom. The fourth-order valence-electron chi connectivity index (χ4n) is 3.81. The lowest BCUT2D eigenvalue weighted by Crippen LogP contribution is -2.15. The highest BCUT2D eigenvalue weighted by molar-refractivity contribution is 7.98. The Labute approximate surface area is 197 Å². The molecule has 160 valence electrons. The molecule has 3 nitrogen and oxygen atoms in total. The van der Waals surface area contributed by atoms with Crippen LogP contribution in [0.1, 0.15) is 40.9 Å². The summed E-state index contributed by atoms with van der Waals surface area (Å²) in [5.41, 5.74) is 3.76. The fraction of sp³-hybridized carbons (Fsp3) is 0.280. The van der Waals surface area contributed by atoms with E-state index in [0.717, 1.165) is 16.9 Å². The number of pyridine rings is 1. The van der Waals surface area contributed by atoms with Crippen molar-refractivity contribution in [2.45, 2.75) is 37.5 Å². The van der Waals surface area contributed by atoms with Crippen molar-refractivity contribution in [1.29, 1.82) is 0 Å². The predicted octanol–water partition coefficient (Wildman–Crippen LogP) is 7.27. The van der Waals surface area contributed by atoms with Gasteiger partial charge in [0, 0.05) is 34.5 Å². The van der Waals surface area contributed by atoms with Crippen LogP contribution in [-0.4, -0.2) is 10.8 Å². The number of thioether (sulfide) groups is 1. The van der Waals surface area contributed by atoms with E-state index < -0.39 is 0 Å². The summed E-state index contributed by atoms with van der Waals surface area (Å²) in [6, 6.07) is 14.2. The summed E-state index contributed by atoms with van der Waals surface area (Å²) < 4.78 is 6.03. The number of carbonyl (C=O) groups is 1. The van der Waals surface area contributed by atoms with Crippen LogP contribution in [0.4, 0.5) is 0 Å². The number of Topliss-reactive ketones (excluding diaryl/α,β-unsaturated/α-hetero) is 1. The molecule has 1 atom stereocenters. The largest absolute Gasteiger partial charge is 0.487 e. The summed E-state index contributed by atoms with van der Waals surface area (Å²) in [5, 5.41) is 0.618. The Bertz CT molecular complexity index is 1100. The minimum absolute atomic E-state index is 0.0478. The molecular formula is C25H23Cl2NO2S. The molecule has 31 heavy (non-hydrogen) atoms. The molecule has 0 radical (unpaired) electrons. The van der Waals surface area contributed by atoms with Crippen LogP contribution in [0, 0.1) is 11.8 Å². The SMILES string of the molecule is CC(C)C1Cc2cc(OCc3cccc(CSc4ccncc4)c3)c(Cl)c(Cl)c2C1=O. The highest BCUT2D eigenvalue weighted by Crippen LogP contribution is 2.43. The van der Waals surface area contributed by atoms with Gasteiger partial charge < -0.3 is 4.74 Å². The first-order valence-electron chi connectivity index (χ1n) is 10.2. The maximum absolute atomic E-state index is 12.7. The van der Waals surface area contributed by atoms with E-state index in [9.17, 15) is 4.79 Å². The zero-order valence-corrected chi connectivity index (χ0v) is 19.7. The molecule has 2 aromatic carbocycles. The normalized spacial score (nSPS) is 15.4. The molecule has 0 saturated carbocycles. The topological polar surface area (TPSA) is 39.2 Å². The average molecular weight is 472 g/mol. The Hall–Kier alpha value is -2.01. The van der Waals surface area contributed by atoms with Gasteiger partial charge in [-0.05, 0) is 47.2 Å². The van der Waals surface area contributed by atoms with Crippen LogP contribution in [0.5, 0.6) is 5.75 Å². The van der Waals surface area contributed by atoms with Gasteiger partial charge in [0.15, 0.2) is 5.78 Å². The lowest BCUT2D eigenvalue weighted by Gasteiger charge is -2.13. The van der Waals surface area contributed by atoms with Gasteiger partial charge in [0.05, 0.1) is 5.02 Å². The van der Waals surface area contributed by atoms with Crippen molar-refractivity contribution in [3.63, 3.8) is 0 Å². The first kappa shape index (κ1) is 22.2. The Kier molecular flexibility index (Phi) is 6.90. The molecule has 3 aromatic rings. The summed E-state index contributed by atoms with van der Waals surface area (Å²) in [4.78, 5) is 18.0. The van der Waals surface area contributed by atoms with Crippen LogP contribution in [0.3, 0.4) is 0 Å². The highest BCUT2D eigenvalue weighted by atomic mass is 35.5. The molecule has 0 aliphatic heterocycles. The highest BCUT2D eigenvalue weighted by Gasteiger charge is 2.36. The summed E-state index contributed by atoms with van der Waals surface area (Å²) in [5.74, 6) is 1.68. The molecule has 1 unspecified atom stereocenters. The van der Waals surface area contributed by atoms with Crippen LogP contribution in [0.2, 0.25) is 10.0 Å². The van der Waals surface area contributed by atoms with Gasteiger partial charge in [-0.25, -0.2) is 0 Å². The standard InChI is InChI=1S/C25H23Cl2NO2S/c1-15(2)20-11-18-12-21(23(26)24(27)22(18)25(20)29)30-13-16-4-3-5-17(10-16)14-31-19-6-8-28-9-7-19/h3-10,12,15,20H,11,13-14H2,1-2H3. The van der Waals surface area contributed by atoms with E-state index in [1.807, 2.05) is 30.3 Å². The van der Waals surface area contributed by atoms with Gasteiger partial charge in [0.2, 0.25) is 0 Å². The second-order valence-electron chi connectivity index (χ2n) is 8.04. The van der Waals surface area contributed by atoms with E-state index in [1.54, 1.807) is 24.2 Å². The van der Waals surface area contributed by atoms with E-state index in [2.05, 4.69) is 31.0 Å². The number of carbonyl (C=O) groups excluding carboxylic acids is 1. The number of ketones is 1. The fourth-order valence-corrected chi connectivity index (χ4v) is 5.15. The molecule has 0 N–H and O–H groups in total. The van der Waals surface area contributed by atoms with E-state index in [-0.39, 0.29) is 17.6 Å². The number of halogens is 2. The van der Waals surface area contributed by atoms with Crippen molar-refractivity contribution in [2.75, 3.05) is 0 Å². The minimum atomic E-state index is -0.0478. The van der Waals surface area contributed by atoms with Crippen molar-refractivity contribution in [2.24, 2.45) is 11.8 Å². The molecule has 1 heterocycles. The van der Waals surface area contributed by atoms with Gasteiger partial charge in [-0.3, -0.25) is 9.78 Å². The number of ether oxygens (including phenoxy) is 1. The molecule has 6 heteroatoms. The number of aromatic nitrogens is 1. The third-order valence-electron chi connectivity index (χ3n) is 5.52. The molecule has 0 bridgehead atoms. The van der Waals surface area contributed by atoms with Gasteiger partial charge in [-0.15, -0.1) is 11.8 Å². The maximum atomic E-state index is 12.7. The summed E-state index contributed by atoms with van der Waals surface area (Å²) >= 11 is 14.7. The van der Waals surface area contributed by atoms with Gasteiger partial charge >= 0.3 is 0 Å². The second-order valence-corrected chi connectivity index (χ2v) is 9.84. The number of benzene rings is 2. The molecule has 1 aliphatic rings. The number of fused-ring (bicyclic) bond motifs is 1. The maximum Gasteiger partial charge on any atom is 0.168 e. The zero-order valence-electron chi connectivity index (χ0n) is 17.4. The lowest BCUT2D eigenvalue weighted by atomic mass is 9.92. The predicted molar refractivity (Wildman–Crippen MR) is 127 cm³/mol. The van der Waals surface area contributed by atoms with Gasteiger partial charge in [0.1, 0.15) is 17.4 Å². The Morgan fingerprint density at radius 2 is 1.84 bits per heavy atom. The number of rotatable bonds is 7. The molecule has 0 fully saturated rings. The first-order valence-corrected chi connectivity index (χ1v) is 12.0. The van der Waals surface area contributed by atoms with E-state index >= 15 is 0 Å². The molecule has 0 spiro atoms. The number of hydrogen-bond acceptors (Lipinski definition) is 4. The first-order chi connectivity index (χ1) is 14.9. The third kappa shape index (κ3) is 4.92. The molecule has 1 aliphatic carbocycles. The molecule has 0 saturated heterocycles. The van der Waals surface area contributed by atoms with Crippen LogP contribution in [0.15, 0.2) is 59.8 Å². The van der Waals surface area contributed by atoms with Crippen molar-refractivity contribution >= 4 is 40.7 Å². The summed E-state index contributed by atoms with van der Waals surface area (Å²) in [6.07, 6.45) is 4.28. The zero-order chi connectivity index (χ0) is 22.0. The van der Waals surface area contributed by atoms with Crippen LogP contribution >= 0.6 is 35.0 Å². The van der Waals surface area contributed by atoms with Crippen molar-refractivity contribution in [3.05, 3.63) is 87.2 Å². The molecular weight excluding hydrogens is 449 g/mol. The van der Waals surface area contributed by atoms with Crippen LogP contribution in [-0.2, 0) is 18.8 Å². The quantitative estimate of drug-likeness (QED) is 0.339. The smallest absolute Gasteiger partial charge is 0.168 e. The molecule has 4 rings (SSSR count). The van der Waals surface area contributed by atoms with Crippen molar-refractivity contribution in [1.82, 2.24) is 4.98 Å².